The molecule has 3 saturated heterocycles. The second-order valence-electron chi connectivity index (χ2n) is 8.96. The minimum absolute atomic E-state index is 0.142. The zero-order valence-corrected chi connectivity index (χ0v) is 17.8. The first-order valence-electron chi connectivity index (χ1n) is 11.5. The Labute approximate surface area is 182 Å². The van der Waals surface area contributed by atoms with Crippen molar-refractivity contribution in [1.29, 1.82) is 0 Å². The number of hydrogen-bond acceptors (Lipinski definition) is 5. The van der Waals surface area contributed by atoms with Gasteiger partial charge in [-0.15, -0.1) is 0 Å². The van der Waals surface area contributed by atoms with Crippen LogP contribution in [0.15, 0.2) is 24.3 Å². The Hall–Kier alpha value is -2.32. The van der Waals surface area contributed by atoms with E-state index in [2.05, 4.69) is 10.6 Å². The molecule has 0 radical (unpaired) electrons. The van der Waals surface area contributed by atoms with Gasteiger partial charge >= 0.3 is 6.03 Å². The molecule has 0 spiro atoms. The summed E-state index contributed by atoms with van der Waals surface area (Å²) in [7, 11) is 0. The summed E-state index contributed by atoms with van der Waals surface area (Å²) in [6.45, 7) is 1.57. The summed E-state index contributed by atoms with van der Waals surface area (Å²) in [6, 6.07) is 7.56. The first kappa shape index (κ1) is 20.6. The van der Waals surface area contributed by atoms with E-state index in [0.717, 1.165) is 31.5 Å². The van der Waals surface area contributed by atoms with Crippen LogP contribution in [0.4, 0.5) is 10.5 Å². The largest absolute Gasteiger partial charge is 0.485 e. The van der Waals surface area contributed by atoms with E-state index in [1.807, 2.05) is 24.3 Å². The van der Waals surface area contributed by atoms with Gasteiger partial charge in [0, 0.05) is 30.8 Å². The van der Waals surface area contributed by atoms with Crippen LogP contribution in [0.2, 0.25) is 0 Å². The van der Waals surface area contributed by atoms with E-state index in [4.69, 9.17) is 14.2 Å². The van der Waals surface area contributed by atoms with Gasteiger partial charge in [0.05, 0.1) is 19.3 Å². The lowest BCUT2D eigenvalue weighted by Crippen LogP contribution is -2.51. The molecular weight excluding hydrogens is 398 g/mol. The van der Waals surface area contributed by atoms with Gasteiger partial charge in [-0.1, -0.05) is 25.3 Å². The van der Waals surface area contributed by atoms with Gasteiger partial charge in [-0.2, -0.15) is 0 Å². The molecule has 8 nitrogen and oxygen atoms in total. The van der Waals surface area contributed by atoms with Crippen molar-refractivity contribution >= 4 is 17.6 Å². The minimum atomic E-state index is -0.247. The van der Waals surface area contributed by atoms with Crippen molar-refractivity contribution in [3.63, 3.8) is 0 Å². The zero-order chi connectivity index (χ0) is 21.2. The first-order chi connectivity index (χ1) is 15.2. The average Bonchev–Trinajstić information content (AvgIpc) is 3.48. The Balaban J connectivity index is 1.16. The van der Waals surface area contributed by atoms with E-state index < -0.39 is 0 Å². The van der Waals surface area contributed by atoms with Crippen LogP contribution in [0.1, 0.15) is 44.9 Å². The highest BCUT2D eigenvalue weighted by molar-refractivity contribution is 5.95. The summed E-state index contributed by atoms with van der Waals surface area (Å²) in [4.78, 5) is 26.3. The van der Waals surface area contributed by atoms with Crippen LogP contribution in [0.25, 0.3) is 0 Å². The minimum Gasteiger partial charge on any atom is -0.485 e. The summed E-state index contributed by atoms with van der Waals surface area (Å²) in [5.74, 6) is 0.850. The third kappa shape index (κ3) is 4.50. The summed E-state index contributed by atoms with van der Waals surface area (Å²) in [5.41, 5.74) is 0.863. The maximum Gasteiger partial charge on any atom is 0.315 e. The van der Waals surface area contributed by atoms with Gasteiger partial charge in [-0.25, -0.2) is 4.79 Å². The van der Waals surface area contributed by atoms with Crippen LogP contribution in [0.3, 0.4) is 0 Å². The van der Waals surface area contributed by atoms with Gasteiger partial charge in [0.15, 0.2) is 6.10 Å². The fourth-order valence-corrected chi connectivity index (χ4v) is 5.15. The van der Waals surface area contributed by atoms with Gasteiger partial charge < -0.3 is 29.7 Å². The Bertz CT molecular complexity index is 812. The summed E-state index contributed by atoms with van der Waals surface area (Å²) in [6.07, 6.45) is 6.51. The smallest absolute Gasteiger partial charge is 0.315 e. The summed E-state index contributed by atoms with van der Waals surface area (Å²) >= 11 is 0. The van der Waals surface area contributed by atoms with E-state index in [-0.39, 0.29) is 42.3 Å². The molecule has 5 rings (SSSR count). The van der Waals surface area contributed by atoms with Crippen LogP contribution >= 0.6 is 0 Å². The number of carbonyl (C=O) groups is 2. The van der Waals surface area contributed by atoms with Gasteiger partial charge in [0.25, 0.3) is 0 Å². The standard InChI is InChI=1S/C23H31N3O5/c27-20-10-5-11-26(20)16-8-4-9-17(12-16)31-19-14-30-21-18(13-29-22(19)21)25-23(28)24-15-6-2-1-3-7-15/h4,8-9,12,15,18-19,21-22H,1-3,5-7,10-11,13-14H2,(H2,24,25,28)/t18-,19-,21+,22+/m0/s1. The van der Waals surface area contributed by atoms with E-state index in [9.17, 15) is 9.59 Å². The fraction of sp³-hybridized carbons (Fsp3) is 0.652. The topological polar surface area (TPSA) is 89.1 Å². The molecule has 0 bridgehead atoms. The molecule has 0 aromatic heterocycles. The van der Waals surface area contributed by atoms with Crippen LogP contribution < -0.4 is 20.3 Å². The lowest BCUT2D eigenvalue weighted by molar-refractivity contribution is -0.117. The van der Waals surface area contributed by atoms with Crippen molar-refractivity contribution in [2.75, 3.05) is 24.7 Å². The maximum absolute atomic E-state index is 12.4. The molecule has 1 aliphatic carbocycles. The van der Waals surface area contributed by atoms with Crippen molar-refractivity contribution in [3.8, 4) is 5.75 Å². The molecule has 168 valence electrons. The van der Waals surface area contributed by atoms with Crippen LogP contribution in [-0.2, 0) is 14.3 Å². The molecule has 4 fully saturated rings. The van der Waals surface area contributed by atoms with Gasteiger partial charge in [0.2, 0.25) is 5.91 Å². The van der Waals surface area contributed by atoms with E-state index in [0.29, 0.717) is 25.4 Å². The number of anilines is 1. The van der Waals surface area contributed by atoms with Crippen molar-refractivity contribution in [2.24, 2.45) is 0 Å². The quantitative estimate of drug-likeness (QED) is 0.750. The van der Waals surface area contributed by atoms with Gasteiger partial charge in [-0.05, 0) is 31.4 Å². The lowest BCUT2D eigenvalue weighted by atomic mass is 9.96. The number of fused-ring (bicyclic) bond motifs is 1. The number of hydrogen-bond donors (Lipinski definition) is 2. The third-order valence-corrected chi connectivity index (χ3v) is 6.76. The molecule has 0 unspecified atom stereocenters. The highest BCUT2D eigenvalue weighted by Gasteiger charge is 2.49. The number of amides is 3. The van der Waals surface area contributed by atoms with Gasteiger partial charge in [-0.3, -0.25) is 4.79 Å². The molecule has 1 saturated carbocycles. The normalized spacial score (nSPS) is 31.0. The number of ether oxygens (including phenoxy) is 3. The van der Waals surface area contributed by atoms with Crippen molar-refractivity contribution in [2.45, 2.75) is 75.3 Å². The Morgan fingerprint density at radius 1 is 1.03 bits per heavy atom. The SMILES string of the molecule is O=C(NC1CCCCC1)N[C@H]1CO[C@H]2[C@@H]1OC[C@@H]2Oc1cccc(N2CCCC2=O)c1. The number of benzene rings is 1. The maximum atomic E-state index is 12.4. The number of rotatable bonds is 5. The number of nitrogens with one attached hydrogen (secondary N) is 2. The molecule has 3 amide bonds. The van der Waals surface area contributed by atoms with E-state index in [1.54, 1.807) is 4.90 Å². The van der Waals surface area contributed by atoms with Crippen LogP contribution in [0.5, 0.6) is 5.75 Å². The van der Waals surface area contributed by atoms with Crippen LogP contribution in [-0.4, -0.2) is 62.1 Å². The van der Waals surface area contributed by atoms with Crippen molar-refractivity contribution < 1.29 is 23.8 Å². The number of nitrogens with zero attached hydrogens (tertiary/aromatic N) is 1. The Morgan fingerprint density at radius 3 is 2.68 bits per heavy atom. The Kier molecular flexibility index (Phi) is 6.00. The van der Waals surface area contributed by atoms with Crippen molar-refractivity contribution in [3.05, 3.63) is 24.3 Å². The van der Waals surface area contributed by atoms with Crippen molar-refractivity contribution in [1.82, 2.24) is 10.6 Å². The molecule has 1 aromatic rings. The molecule has 31 heavy (non-hydrogen) atoms. The highest BCUT2D eigenvalue weighted by Crippen LogP contribution is 2.32. The molecular formula is C23H31N3O5. The predicted octanol–water partition coefficient (Wildman–Crippen LogP) is 2.36. The van der Waals surface area contributed by atoms with E-state index in [1.165, 1.54) is 19.3 Å². The molecule has 3 heterocycles. The molecule has 8 heteroatoms. The van der Waals surface area contributed by atoms with Gasteiger partial charge in [0.1, 0.15) is 18.0 Å². The second kappa shape index (κ2) is 9.04. The lowest BCUT2D eigenvalue weighted by Gasteiger charge is -2.24. The molecule has 1 aromatic carbocycles. The van der Waals surface area contributed by atoms with E-state index >= 15 is 0 Å². The monoisotopic (exact) mass is 429 g/mol. The number of urea groups is 1. The molecule has 4 aliphatic rings. The first-order valence-corrected chi connectivity index (χ1v) is 11.5. The predicted molar refractivity (Wildman–Crippen MR) is 114 cm³/mol. The van der Waals surface area contributed by atoms with Crippen LogP contribution in [0, 0.1) is 0 Å². The zero-order valence-electron chi connectivity index (χ0n) is 17.8. The molecule has 2 N–H and O–H groups in total. The highest BCUT2D eigenvalue weighted by atomic mass is 16.6. The average molecular weight is 430 g/mol. The molecule has 4 atom stereocenters. The summed E-state index contributed by atoms with van der Waals surface area (Å²) in [5, 5.41) is 6.12. The number of carbonyl (C=O) groups excluding carboxylic acids is 2. The Morgan fingerprint density at radius 2 is 1.87 bits per heavy atom. The fourth-order valence-electron chi connectivity index (χ4n) is 5.15. The molecule has 3 aliphatic heterocycles. The third-order valence-electron chi connectivity index (χ3n) is 6.76. The second-order valence-corrected chi connectivity index (χ2v) is 8.96. The summed E-state index contributed by atoms with van der Waals surface area (Å²) < 4.78 is 18.1.